The summed E-state index contributed by atoms with van der Waals surface area (Å²) < 4.78 is 5.27. The molecule has 0 heterocycles. The fourth-order valence-electron chi connectivity index (χ4n) is 4.71. The van der Waals surface area contributed by atoms with Gasteiger partial charge in [0.25, 0.3) is 5.91 Å². The van der Waals surface area contributed by atoms with Gasteiger partial charge in [-0.05, 0) is 54.3 Å². The van der Waals surface area contributed by atoms with Crippen LogP contribution in [0.2, 0.25) is 0 Å². The lowest BCUT2D eigenvalue weighted by Crippen LogP contribution is -2.64. The van der Waals surface area contributed by atoms with Crippen LogP contribution in [0, 0.1) is 5.92 Å². The smallest absolute Gasteiger partial charge is 0.319 e. The van der Waals surface area contributed by atoms with Crippen LogP contribution in [-0.2, 0) is 19.9 Å². The van der Waals surface area contributed by atoms with Gasteiger partial charge in [0, 0.05) is 17.8 Å². The summed E-state index contributed by atoms with van der Waals surface area (Å²) in [4.78, 5) is 53.7. The average Bonchev–Trinajstić information content (AvgIpc) is 2.94. The molecule has 40 heavy (non-hydrogen) atoms. The van der Waals surface area contributed by atoms with Gasteiger partial charge in [0.15, 0.2) is 5.54 Å². The standard InChI is InChI=1S/C30H34N4O6/c1-20(2)30(28(31)38,21-14-16-24(40-3)17-15-21)34(23-12-8-5-9-13-23)27(37)25(18-19-26(35)36)33-29(39)32-22-10-6-4-7-11-22/h4-17,20,25H,18-19H2,1-3H3,(H2,31,38)(H,35,36)(H2,32,33,39). The first-order valence-electron chi connectivity index (χ1n) is 12.8. The molecule has 10 heteroatoms. The molecule has 0 saturated heterocycles. The Kier molecular flexibility index (Phi) is 9.86. The van der Waals surface area contributed by atoms with E-state index in [-0.39, 0.29) is 6.42 Å². The number of rotatable bonds is 12. The van der Waals surface area contributed by atoms with Crippen molar-refractivity contribution in [2.75, 3.05) is 17.3 Å². The summed E-state index contributed by atoms with van der Waals surface area (Å²) in [6.45, 7) is 3.53. The number of carbonyl (C=O) groups excluding carboxylic acids is 3. The number of benzene rings is 3. The van der Waals surface area contributed by atoms with E-state index in [2.05, 4.69) is 10.6 Å². The molecule has 0 bridgehead atoms. The van der Waals surface area contributed by atoms with Crippen molar-refractivity contribution in [1.29, 1.82) is 0 Å². The molecule has 3 rings (SSSR count). The molecule has 0 aliphatic carbocycles. The summed E-state index contributed by atoms with van der Waals surface area (Å²) in [6.07, 6.45) is -0.631. The van der Waals surface area contributed by atoms with Gasteiger partial charge < -0.3 is 26.2 Å². The Balaban J connectivity index is 2.15. The molecule has 2 atom stereocenters. The minimum atomic E-state index is -1.70. The Hall–Kier alpha value is -4.86. The number of carboxylic acids is 1. The molecule has 5 N–H and O–H groups in total. The average molecular weight is 547 g/mol. The maximum atomic E-state index is 14.5. The van der Waals surface area contributed by atoms with Crippen molar-refractivity contribution in [2.24, 2.45) is 11.7 Å². The van der Waals surface area contributed by atoms with E-state index in [1.807, 2.05) is 0 Å². The number of hydrogen-bond acceptors (Lipinski definition) is 5. The van der Waals surface area contributed by atoms with Gasteiger partial charge in [-0.15, -0.1) is 0 Å². The second kappa shape index (κ2) is 13.3. The molecule has 0 aromatic heterocycles. The first-order valence-corrected chi connectivity index (χ1v) is 12.8. The second-order valence-corrected chi connectivity index (χ2v) is 9.47. The van der Waals surface area contributed by atoms with Crippen LogP contribution in [0.25, 0.3) is 0 Å². The number of carboxylic acid groups (broad SMARTS) is 1. The molecule has 10 nitrogen and oxygen atoms in total. The van der Waals surface area contributed by atoms with Crippen molar-refractivity contribution in [3.8, 4) is 5.75 Å². The van der Waals surface area contributed by atoms with E-state index in [1.165, 1.54) is 12.0 Å². The number of nitrogens with one attached hydrogen (secondary N) is 2. The molecule has 0 aliphatic rings. The predicted molar refractivity (Wildman–Crippen MR) is 152 cm³/mol. The molecule has 0 aliphatic heterocycles. The monoisotopic (exact) mass is 546 g/mol. The van der Waals surface area contributed by atoms with E-state index >= 15 is 0 Å². The number of anilines is 2. The van der Waals surface area contributed by atoms with Crippen LogP contribution >= 0.6 is 0 Å². The molecule has 210 valence electrons. The van der Waals surface area contributed by atoms with Crippen LogP contribution in [0.15, 0.2) is 84.9 Å². The third-order valence-corrected chi connectivity index (χ3v) is 6.61. The van der Waals surface area contributed by atoms with Gasteiger partial charge in [-0.3, -0.25) is 19.3 Å². The molecule has 0 fully saturated rings. The highest BCUT2D eigenvalue weighted by molar-refractivity contribution is 6.07. The molecular weight excluding hydrogens is 512 g/mol. The van der Waals surface area contributed by atoms with E-state index in [0.29, 0.717) is 22.7 Å². The number of amides is 4. The largest absolute Gasteiger partial charge is 0.497 e. The molecular formula is C30H34N4O6. The van der Waals surface area contributed by atoms with Crippen molar-refractivity contribution < 1.29 is 29.0 Å². The summed E-state index contributed by atoms with van der Waals surface area (Å²) in [5.74, 6) is -2.63. The fourth-order valence-corrected chi connectivity index (χ4v) is 4.71. The number of ether oxygens (including phenoxy) is 1. The lowest BCUT2D eigenvalue weighted by molar-refractivity contribution is -0.137. The van der Waals surface area contributed by atoms with Gasteiger partial charge in [0.1, 0.15) is 11.8 Å². The normalized spacial score (nSPS) is 13.0. The lowest BCUT2D eigenvalue weighted by atomic mass is 9.76. The highest BCUT2D eigenvalue weighted by atomic mass is 16.5. The number of carbonyl (C=O) groups is 4. The molecule has 0 radical (unpaired) electrons. The lowest BCUT2D eigenvalue weighted by Gasteiger charge is -2.46. The zero-order valence-corrected chi connectivity index (χ0v) is 22.7. The van der Waals surface area contributed by atoms with Crippen LogP contribution in [-0.4, -0.2) is 42.1 Å². The first kappa shape index (κ1) is 29.7. The molecule has 0 spiro atoms. The highest BCUT2D eigenvalue weighted by Gasteiger charge is 2.51. The number of nitrogens with zero attached hydrogens (tertiary/aromatic N) is 1. The number of hydrogen-bond donors (Lipinski definition) is 4. The summed E-state index contributed by atoms with van der Waals surface area (Å²) >= 11 is 0. The van der Waals surface area contributed by atoms with Crippen molar-refractivity contribution in [2.45, 2.75) is 38.3 Å². The van der Waals surface area contributed by atoms with Crippen LogP contribution < -0.4 is 26.0 Å². The van der Waals surface area contributed by atoms with Crippen LogP contribution in [0.4, 0.5) is 16.2 Å². The number of urea groups is 1. The predicted octanol–water partition coefficient (Wildman–Crippen LogP) is 4.12. The maximum absolute atomic E-state index is 14.5. The number of para-hydroxylation sites is 2. The summed E-state index contributed by atoms with van der Waals surface area (Å²) in [6, 6.07) is 21.7. The SMILES string of the molecule is COc1ccc(C(C(N)=O)(C(C)C)N(C(=O)C(CCC(=O)O)NC(=O)Nc2ccccc2)c2ccccc2)cc1. The van der Waals surface area contributed by atoms with Gasteiger partial charge in [0.05, 0.1) is 7.11 Å². The Bertz CT molecular complexity index is 1320. The fraction of sp³-hybridized carbons (Fsp3) is 0.267. The van der Waals surface area contributed by atoms with Crippen molar-refractivity contribution in [3.05, 3.63) is 90.5 Å². The van der Waals surface area contributed by atoms with Crippen molar-refractivity contribution >= 4 is 35.2 Å². The Morgan fingerprint density at radius 3 is 2.00 bits per heavy atom. The van der Waals surface area contributed by atoms with Crippen molar-refractivity contribution in [3.63, 3.8) is 0 Å². The first-order chi connectivity index (χ1) is 19.1. The van der Waals surface area contributed by atoms with Gasteiger partial charge in [-0.1, -0.05) is 62.4 Å². The quantitative estimate of drug-likeness (QED) is 0.268. The number of nitrogens with two attached hydrogens (primary N) is 1. The Morgan fingerprint density at radius 1 is 0.925 bits per heavy atom. The van der Waals surface area contributed by atoms with Gasteiger partial charge in [-0.25, -0.2) is 4.79 Å². The van der Waals surface area contributed by atoms with Gasteiger partial charge >= 0.3 is 12.0 Å². The van der Waals surface area contributed by atoms with Gasteiger partial charge in [-0.2, -0.15) is 0 Å². The zero-order chi connectivity index (χ0) is 29.3. The van der Waals surface area contributed by atoms with Crippen LogP contribution in [0.1, 0.15) is 32.3 Å². The van der Waals surface area contributed by atoms with Gasteiger partial charge in [0.2, 0.25) is 5.91 Å². The molecule has 0 saturated carbocycles. The summed E-state index contributed by atoms with van der Waals surface area (Å²) in [5.41, 5.74) is 5.68. The Morgan fingerprint density at radius 2 is 1.50 bits per heavy atom. The van der Waals surface area contributed by atoms with Crippen LogP contribution in [0.3, 0.4) is 0 Å². The molecule has 3 aromatic rings. The zero-order valence-electron chi connectivity index (χ0n) is 22.7. The van der Waals surface area contributed by atoms with E-state index in [9.17, 15) is 24.3 Å². The highest BCUT2D eigenvalue weighted by Crippen LogP contribution is 2.41. The molecule has 2 unspecified atom stereocenters. The van der Waals surface area contributed by atoms with E-state index < -0.39 is 47.7 Å². The van der Waals surface area contributed by atoms with E-state index in [0.717, 1.165) is 0 Å². The summed E-state index contributed by atoms with van der Waals surface area (Å²) in [5, 5.41) is 14.7. The second-order valence-electron chi connectivity index (χ2n) is 9.47. The third kappa shape index (κ3) is 6.58. The van der Waals surface area contributed by atoms with E-state index in [4.69, 9.17) is 10.5 Å². The van der Waals surface area contributed by atoms with E-state index in [1.54, 1.807) is 98.8 Å². The maximum Gasteiger partial charge on any atom is 0.319 e. The minimum absolute atomic E-state index is 0.227. The number of aliphatic carboxylic acids is 1. The van der Waals surface area contributed by atoms with Crippen molar-refractivity contribution in [1.82, 2.24) is 5.32 Å². The Labute approximate surface area is 233 Å². The molecule has 3 aromatic carbocycles. The minimum Gasteiger partial charge on any atom is -0.497 e. The third-order valence-electron chi connectivity index (χ3n) is 6.61. The summed E-state index contributed by atoms with van der Waals surface area (Å²) in [7, 11) is 1.51. The number of primary amides is 1. The number of methoxy groups -OCH3 is 1. The van der Waals surface area contributed by atoms with Crippen LogP contribution in [0.5, 0.6) is 5.75 Å². The topological polar surface area (TPSA) is 151 Å². The molecule has 4 amide bonds.